The van der Waals surface area contributed by atoms with Crippen molar-refractivity contribution in [2.24, 2.45) is 0 Å². The van der Waals surface area contributed by atoms with Gasteiger partial charge in [0, 0.05) is 30.1 Å². The Morgan fingerprint density at radius 1 is 1.21 bits per heavy atom. The summed E-state index contributed by atoms with van der Waals surface area (Å²) in [7, 11) is 0. The monoisotopic (exact) mass is 277 g/mol. The van der Waals surface area contributed by atoms with Gasteiger partial charge in [0.05, 0.1) is 5.69 Å². The molecular formula is C13H15N3O2S. The van der Waals surface area contributed by atoms with E-state index in [0.717, 1.165) is 10.1 Å². The van der Waals surface area contributed by atoms with E-state index in [-0.39, 0.29) is 11.8 Å². The van der Waals surface area contributed by atoms with Gasteiger partial charge in [-0.1, -0.05) is 18.2 Å². The van der Waals surface area contributed by atoms with Crippen molar-refractivity contribution in [3.8, 4) is 0 Å². The standard InChI is InChI=1S/C13H15N3O2S/c1-8(17)15-6-7-16-13(18)12-11(14)9-4-2-3-5-10(9)19-12/h2-5H,6-7,14H2,1H3,(H,15,17)(H,16,18). The lowest BCUT2D eigenvalue weighted by atomic mass is 10.2. The molecule has 100 valence electrons. The molecule has 1 heterocycles. The summed E-state index contributed by atoms with van der Waals surface area (Å²) in [6.45, 7) is 2.23. The molecule has 2 rings (SSSR count). The highest BCUT2D eigenvalue weighted by molar-refractivity contribution is 7.21. The Bertz CT molecular complexity index is 621. The second kappa shape index (κ2) is 5.71. The maximum absolute atomic E-state index is 12.0. The van der Waals surface area contributed by atoms with E-state index in [2.05, 4.69) is 10.6 Å². The van der Waals surface area contributed by atoms with Crippen molar-refractivity contribution in [3.63, 3.8) is 0 Å². The number of rotatable bonds is 4. The number of hydrogen-bond donors (Lipinski definition) is 3. The molecule has 0 bridgehead atoms. The maximum Gasteiger partial charge on any atom is 0.263 e. The first-order chi connectivity index (χ1) is 9.09. The highest BCUT2D eigenvalue weighted by Gasteiger charge is 2.15. The lowest BCUT2D eigenvalue weighted by Gasteiger charge is -2.04. The average molecular weight is 277 g/mol. The van der Waals surface area contributed by atoms with Crippen molar-refractivity contribution in [3.05, 3.63) is 29.1 Å². The van der Waals surface area contributed by atoms with Crippen LogP contribution in [0.3, 0.4) is 0 Å². The van der Waals surface area contributed by atoms with Gasteiger partial charge in [0.2, 0.25) is 5.91 Å². The lowest BCUT2D eigenvalue weighted by Crippen LogP contribution is -2.33. The molecule has 6 heteroatoms. The van der Waals surface area contributed by atoms with Gasteiger partial charge in [0.25, 0.3) is 5.91 Å². The fourth-order valence-corrected chi connectivity index (χ4v) is 2.77. The second-order valence-corrected chi connectivity index (χ2v) is 5.13. The molecule has 0 aliphatic rings. The van der Waals surface area contributed by atoms with Crippen molar-refractivity contribution in [1.82, 2.24) is 10.6 Å². The number of nitrogen functional groups attached to an aromatic ring is 1. The predicted molar refractivity (Wildman–Crippen MR) is 77.3 cm³/mol. The normalized spacial score (nSPS) is 10.4. The second-order valence-electron chi connectivity index (χ2n) is 4.08. The van der Waals surface area contributed by atoms with Crippen LogP contribution in [0.15, 0.2) is 24.3 Å². The highest BCUT2D eigenvalue weighted by Crippen LogP contribution is 2.33. The number of thiophene rings is 1. The van der Waals surface area contributed by atoms with Gasteiger partial charge in [-0.15, -0.1) is 11.3 Å². The summed E-state index contributed by atoms with van der Waals surface area (Å²) < 4.78 is 0.993. The van der Waals surface area contributed by atoms with E-state index in [1.54, 1.807) is 0 Å². The molecule has 0 saturated carbocycles. The van der Waals surface area contributed by atoms with E-state index in [1.165, 1.54) is 18.3 Å². The van der Waals surface area contributed by atoms with Crippen LogP contribution in [-0.2, 0) is 4.79 Å². The van der Waals surface area contributed by atoms with Gasteiger partial charge < -0.3 is 16.4 Å². The van der Waals surface area contributed by atoms with Crippen molar-refractivity contribution >= 4 is 38.9 Å². The van der Waals surface area contributed by atoms with Crippen molar-refractivity contribution in [2.45, 2.75) is 6.92 Å². The number of anilines is 1. The predicted octanol–water partition coefficient (Wildman–Crippen LogP) is 1.35. The summed E-state index contributed by atoms with van der Waals surface area (Å²) in [6, 6.07) is 7.64. The summed E-state index contributed by atoms with van der Waals surface area (Å²) in [5, 5.41) is 6.25. The minimum Gasteiger partial charge on any atom is -0.397 e. The van der Waals surface area contributed by atoms with Gasteiger partial charge in [-0.2, -0.15) is 0 Å². The Labute approximate surface area is 114 Å². The Kier molecular flexibility index (Phi) is 4.01. The molecule has 0 unspecified atom stereocenters. The first-order valence-electron chi connectivity index (χ1n) is 5.89. The number of fused-ring (bicyclic) bond motifs is 1. The number of benzene rings is 1. The van der Waals surface area contributed by atoms with Crippen LogP contribution in [0.4, 0.5) is 5.69 Å². The van der Waals surface area contributed by atoms with Crippen LogP contribution in [0.2, 0.25) is 0 Å². The summed E-state index contributed by atoms with van der Waals surface area (Å²) in [4.78, 5) is 23.2. The third-order valence-electron chi connectivity index (χ3n) is 2.62. The van der Waals surface area contributed by atoms with E-state index >= 15 is 0 Å². The van der Waals surface area contributed by atoms with Crippen LogP contribution in [-0.4, -0.2) is 24.9 Å². The molecule has 2 amide bonds. The molecule has 0 aliphatic heterocycles. The maximum atomic E-state index is 12.0. The SMILES string of the molecule is CC(=O)NCCNC(=O)c1sc2ccccc2c1N. The van der Waals surface area contributed by atoms with E-state index in [1.807, 2.05) is 24.3 Å². The van der Waals surface area contributed by atoms with Crippen LogP contribution in [0, 0.1) is 0 Å². The molecule has 1 aromatic heterocycles. The Hall–Kier alpha value is -2.08. The summed E-state index contributed by atoms with van der Waals surface area (Å²) >= 11 is 1.37. The molecule has 19 heavy (non-hydrogen) atoms. The van der Waals surface area contributed by atoms with Crippen LogP contribution in [0.25, 0.3) is 10.1 Å². The van der Waals surface area contributed by atoms with E-state index in [9.17, 15) is 9.59 Å². The third-order valence-corrected chi connectivity index (χ3v) is 3.81. The smallest absolute Gasteiger partial charge is 0.263 e. The van der Waals surface area contributed by atoms with Gasteiger partial charge in [0.1, 0.15) is 4.88 Å². The number of nitrogens with two attached hydrogens (primary N) is 1. The molecule has 0 spiro atoms. The molecule has 2 aromatic rings. The van der Waals surface area contributed by atoms with Gasteiger partial charge in [-0.3, -0.25) is 9.59 Å². The van der Waals surface area contributed by atoms with Gasteiger partial charge in [0.15, 0.2) is 0 Å². The number of hydrogen-bond acceptors (Lipinski definition) is 4. The zero-order valence-corrected chi connectivity index (χ0v) is 11.3. The summed E-state index contributed by atoms with van der Waals surface area (Å²) in [5.74, 6) is -0.320. The average Bonchev–Trinajstić information content (AvgIpc) is 2.72. The van der Waals surface area contributed by atoms with E-state index in [4.69, 9.17) is 5.73 Å². The summed E-state index contributed by atoms with van der Waals surface area (Å²) in [5.41, 5.74) is 6.48. The van der Waals surface area contributed by atoms with E-state index in [0.29, 0.717) is 23.7 Å². The number of carbonyl (C=O) groups excluding carboxylic acids is 2. The minimum atomic E-state index is -0.205. The zero-order chi connectivity index (χ0) is 13.8. The molecule has 1 aromatic carbocycles. The minimum absolute atomic E-state index is 0.115. The molecule has 0 fully saturated rings. The Morgan fingerprint density at radius 2 is 1.89 bits per heavy atom. The fraction of sp³-hybridized carbons (Fsp3) is 0.231. The number of nitrogens with one attached hydrogen (secondary N) is 2. The Balaban J connectivity index is 2.05. The number of amides is 2. The molecule has 0 aliphatic carbocycles. The van der Waals surface area contributed by atoms with Gasteiger partial charge in [-0.05, 0) is 6.07 Å². The molecule has 4 N–H and O–H groups in total. The quantitative estimate of drug-likeness (QED) is 0.738. The third kappa shape index (κ3) is 3.03. The molecule has 5 nitrogen and oxygen atoms in total. The lowest BCUT2D eigenvalue weighted by molar-refractivity contribution is -0.118. The van der Waals surface area contributed by atoms with Crippen LogP contribution >= 0.6 is 11.3 Å². The summed E-state index contributed by atoms with van der Waals surface area (Å²) in [6.07, 6.45) is 0. The number of carbonyl (C=O) groups is 2. The molecule has 0 radical (unpaired) electrons. The van der Waals surface area contributed by atoms with E-state index < -0.39 is 0 Å². The van der Waals surface area contributed by atoms with Gasteiger partial charge >= 0.3 is 0 Å². The Morgan fingerprint density at radius 3 is 2.58 bits per heavy atom. The van der Waals surface area contributed by atoms with Crippen LogP contribution < -0.4 is 16.4 Å². The first kappa shape index (κ1) is 13.4. The van der Waals surface area contributed by atoms with Crippen molar-refractivity contribution in [2.75, 3.05) is 18.8 Å². The molecule has 0 atom stereocenters. The molecular weight excluding hydrogens is 262 g/mol. The first-order valence-corrected chi connectivity index (χ1v) is 6.71. The van der Waals surface area contributed by atoms with Crippen molar-refractivity contribution in [1.29, 1.82) is 0 Å². The largest absolute Gasteiger partial charge is 0.397 e. The van der Waals surface area contributed by atoms with Gasteiger partial charge in [-0.25, -0.2) is 0 Å². The highest BCUT2D eigenvalue weighted by atomic mass is 32.1. The topological polar surface area (TPSA) is 84.2 Å². The fourth-order valence-electron chi connectivity index (χ4n) is 1.73. The van der Waals surface area contributed by atoms with Crippen LogP contribution in [0.1, 0.15) is 16.6 Å². The zero-order valence-electron chi connectivity index (χ0n) is 10.5. The van der Waals surface area contributed by atoms with Crippen molar-refractivity contribution < 1.29 is 9.59 Å². The molecule has 0 saturated heterocycles. The van der Waals surface area contributed by atoms with Crippen LogP contribution in [0.5, 0.6) is 0 Å².